The average molecular weight is 156 g/mol. The highest BCUT2D eigenvalue weighted by Crippen LogP contribution is 2.15. The zero-order chi connectivity index (χ0) is 8.55. The Hall–Kier alpha value is -1.51. The Morgan fingerprint density at radius 1 is 1.25 bits per heavy atom. The minimum atomic E-state index is 0.795. The van der Waals surface area contributed by atoms with Crippen LogP contribution in [-0.2, 0) is 0 Å². The minimum absolute atomic E-state index is 0.795. The Labute approximate surface area is 71.8 Å². The summed E-state index contributed by atoms with van der Waals surface area (Å²) in [7, 11) is 2.05. The lowest BCUT2D eigenvalue weighted by molar-refractivity contribution is 1.42. The number of rotatable bonds is 0. The Morgan fingerprint density at radius 2 is 2.08 bits per heavy atom. The van der Waals surface area contributed by atoms with Crippen molar-refractivity contribution in [2.24, 2.45) is 0 Å². The molecule has 1 heterocycles. The molecular weight excluding hydrogens is 147 g/mol. The lowest BCUT2D eigenvalue weighted by Gasteiger charge is -2.00. The number of hydrogen-bond acceptors (Lipinski definition) is 2. The molecule has 0 unspecified atom stereocenters. The molecule has 0 amide bonds. The first kappa shape index (κ1) is 7.16. The van der Waals surface area contributed by atoms with Crippen molar-refractivity contribution in [1.29, 1.82) is 0 Å². The SMILES string of the molecule is Bc1ccc2nccc(N)c2c1. The van der Waals surface area contributed by atoms with E-state index in [0.29, 0.717) is 0 Å². The van der Waals surface area contributed by atoms with E-state index in [-0.39, 0.29) is 0 Å². The van der Waals surface area contributed by atoms with Crippen molar-refractivity contribution in [2.75, 3.05) is 5.73 Å². The molecule has 0 atom stereocenters. The number of benzene rings is 1. The van der Waals surface area contributed by atoms with Crippen LogP contribution in [0, 0.1) is 0 Å². The predicted molar refractivity (Wildman–Crippen MR) is 54.3 cm³/mol. The van der Waals surface area contributed by atoms with E-state index in [1.54, 1.807) is 6.20 Å². The predicted octanol–water partition coefficient (Wildman–Crippen LogP) is 0.0754. The standard InChI is InChI=1S/C9H9BN2/c10-6-1-2-9-7(5-6)8(11)3-4-12-9/h1-5H,10H2,(H2,11,12). The summed E-state index contributed by atoms with van der Waals surface area (Å²) in [5, 5.41) is 1.04. The van der Waals surface area contributed by atoms with Gasteiger partial charge in [0.05, 0.1) is 5.52 Å². The molecule has 0 aliphatic carbocycles. The summed E-state index contributed by atoms with van der Waals surface area (Å²) in [6, 6.07) is 7.90. The third-order valence-corrected chi connectivity index (χ3v) is 1.93. The molecule has 0 saturated heterocycles. The topological polar surface area (TPSA) is 38.9 Å². The number of nitrogen functional groups attached to an aromatic ring is 1. The summed E-state index contributed by atoms with van der Waals surface area (Å²) in [6.45, 7) is 0. The van der Waals surface area contributed by atoms with Crippen LogP contribution in [0.4, 0.5) is 5.69 Å². The molecule has 2 rings (SSSR count). The van der Waals surface area contributed by atoms with Gasteiger partial charge in [-0.2, -0.15) is 0 Å². The fraction of sp³-hybridized carbons (Fsp3) is 0. The lowest BCUT2D eigenvalue weighted by Crippen LogP contribution is -2.01. The Kier molecular flexibility index (Phi) is 1.50. The van der Waals surface area contributed by atoms with Gasteiger partial charge in [0, 0.05) is 17.3 Å². The smallest absolute Gasteiger partial charge is 0.139 e. The highest BCUT2D eigenvalue weighted by atomic mass is 14.7. The summed E-state index contributed by atoms with van der Waals surface area (Å²) in [5.74, 6) is 0. The van der Waals surface area contributed by atoms with Crippen molar-refractivity contribution in [3.63, 3.8) is 0 Å². The second-order valence-corrected chi connectivity index (χ2v) is 2.92. The molecule has 0 radical (unpaired) electrons. The van der Waals surface area contributed by atoms with Crippen LogP contribution in [0.1, 0.15) is 0 Å². The molecule has 0 saturated carbocycles. The quantitative estimate of drug-likeness (QED) is 0.548. The van der Waals surface area contributed by atoms with Crippen LogP contribution >= 0.6 is 0 Å². The van der Waals surface area contributed by atoms with Gasteiger partial charge in [-0.15, -0.1) is 0 Å². The van der Waals surface area contributed by atoms with E-state index in [1.807, 2.05) is 26.0 Å². The fourth-order valence-corrected chi connectivity index (χ4v) is 1.28. The zero-order valence-electron chi connectivity index (χ0n) is 6.91. The molecular formula is C9H9BN2. The molecule has 0 fully saturated rings. The van der Waals surface area contributed by atoms with E-state index in [4.69, 9.17) is 5.73 Å². The largest absolute Gasteiger partial charge is 0.398 e. The summed E-state index contributed by atoms with van der Waals surface area (Å²) < 4.78 is 0. The van der Waals surface area contributed by atoms with Gasteiger partial charge in [0.1, 0.15) is 7.85 Å². The number of anilines is 1. The van der Waals surface area contributed by atoms with E-state index in [2.05, 4.69) is 11.1 Å². The molecule has 2 aromatic rings. The molecule has 58 valence electrons. The molecule has 1 aromatic carbocycles. The Balaban J connectivity index is 2.88. The van der Waals surface area contributed by atoms with E-state index < -0.39 is 0 Å². The van der Waals surface area contributed by atoms with Crippen LogP contribution in [0.3, 0.4) is 0 Å². The zero-order valence-corrected chi connectivity index (χ0v) is 6.91. The maximum Gasteiger partial charge on any atom is 0.139 e. The number of aromatic nitrogens is 1. The Bertz CT molecular complexity index is 426. The van der Waals surface area contributed by atoms with Gasteiger partial charge in [0.2, 0.25) is 0 Å². The normalized spacial score (nSPS) is 10.3. The summed E-state index contributed by atoms with van der Waals surface area (Å²) in [5.41, 5.74) is 8.75. The molecule has 0 spiro atoms. The molecule has 0 bridgehead atoms. The van der Waals surface area contributed by atoms with Gasteiger partial charge in [0.25, 0.3) is 0 Å². The van der Waals surface area contributed by atoms with Crippen molar-refractivity contribution >= 4 is 29.9 Å². The van der Waals surface area contributed by atoms with Crippen LogP contribution in [0.15, 0.2) is 30.5 Å². The molecule has 2 nitrogen and oxygen atoms in total. The van der Waals surface area contributed by atoms with E-state index in [0.717, 1.165) is 16.6 Å². The van der Waals surface area contributed by atoms with E-state index in [9.17, 15) is 0 Å². The number of nitrogens with two attached hydrogens (primary N) is 1. The van der Waals surface area contributed by atoms with Crippen molar-refractivity contribution in [1.82, 2.24) is 4.98 Å². The molecule has 1 aromatic heterocycles. The first-order valence-electron chi connectivity index (χ1n) is 3.88. The molecule has 0 aliphatic rings. The summed E-state index contributed by atoms with van der Waals surface area (Å²) >= 11 is 0. The first-order valence-corrected chi connectivity index (χ1v) is 3.88. The number of hydrogen-bond donors (Lipinski definition) is 1. The third kappa shape index (κ3) is 1.03. The van der Waals surface area contributed by atoms with Crippen molar-refractivity contribution in [3.05, 3.63) is 30.5 Å². The number of pyridine rings is 1. The van der Waals surface area contributed by atoms with Crippen LogP contribution in [0.2, 0.25) is 0 Å². The Morgan fingerprint density at radius 3 is 2.92 bits per heavy atom. The summed E-state index contributed by atoms with van der Waals surface area (Å²) in [6.07, 6.45) is 1.73. The minimum Gasteiger partial charge on any atom is -0.398 e. The van der Waals surface area contributed by atoms with Crippen molar-refractivity contribution in [3.8, 4) is 0 Å². The maximum absolute atomic E-state index is 5.79. The van der Waals surface area contributed by atoms with Gasteiger partial charge in [-0.25, -0.2) is 0 Å². The van der Waals surface area contributed by atoms with Crippen LogP contribution in [0.5, 0.6) is 0 Å². The highest BCUT2D eigenvalue weighted by molar-refractivity contribution is 6.33. The third-order valence-electron chi connectivity index (χ3n) is 1.93. The highest BCUT2D eigenvalue weighted by Gasteiger charge is 1.96. The second-order valence-electron chi connectivity index (χ2n) is 2.92. The first-order chi connectivity index (χ1) is 5.77. The van der Waals surface area contributed by atoms with Gasteiger partial charge in [-0.05, 0) is 12.1 Å². The molecule has 0 aliphatic heterocycles. The van der Waals surface area contributed by atoms with Crippen LogP contribution in [-0.4, -0.2) is 12.8 Å². The fourth-order valence-electron chi connectivity index (χ4n) is 1.28. The van der Waals surface area contributed by atoms with Crippen molar-refractivity contribution in [2.45, 2.75) is 0 Å². The van der Waals surface area contributed by atoms with Gasteiger partial charge < -0.3 is 5.73 Å². The monoisotopic (exact) mass is 156 g/mol. The molecule has 2 N–H and O–H groups in total. The molecule has 3 heteroatoms. The average Bonchev–Trinajstić information content (AvgIpc) is 2.07. The lowest BCUT2D eigenvalue weighted by atomic mass is 9.94. The maximum atomic E-state index is 5.79. The van der Waals surface area contributed by atoms with Crippen molar-refractivity contribution < 1.29 is 0 Å². The molecule has 12 heavy (non-hydrogen) atoms. The van der Waals surface area contributed by atoms with Gasteiger partial charge in [-0.1, -0.05) is 17.6 Å². The second kappa shape index (κ2) is 2.52. The summed E-state index contributed by atoms with van der Waals surface area (Å²) in [4.78, 5) is 4.20. The van der Waals surface area contributed by atoms with E-state index >= 15 is 0 Å². The van der Waals surface area contributed by atoms with E-state index in [1.165, 1.54) is 5.46 Å². The van der Waals surface area contributed by atoms with Crippen LogP contribution < -0.4 is 11.2 Å². The van der Waals surface area contributed by atoms with Gasteiger partial charge >= 0.3 is 0 Å². The van der Waals surface area contributed by atoms with Gasteiger partial charge in [0.15, 0.2) is 0 Å². The number of nitrogens with zero attached hydrogens (tertiary/aromatic N) is 1. The van der Waals surface area contributed by atoms with Gasteiger partial charge in [-0.3, -0.25) is 4.98 Å². The van der Waals surface area contributed by atoms with Crippen LogP contribution in [0.25, 0.3) is 10.9 Å². The number of fused-ring (bicyclic) bond motifs is 1.